The third kappa shape index (κ3) is 2.48. The number of rotatable bonds is 2. The van der Waals surface area contributed by atoms with E-state index in [1.807, 2.05) is 31.2 Å². The van der Waals surface area contributed by atoms with Crippen LogP contribution in [0.4, 0.5) is 5.69 Å². The van der Waals surface area contributed by atoms with Crippen molar-refractivity contribution in [1.29, 1.82) is 0 Å². The molecule has 2 heterocycles. The molecule has 0 aliphatic carbocycles. The van der Waals surface area contributed by atoms with E-state index in [0.29, 0.717) is 5.56 Å². The van der Waals surface area contributed by atoms with Gasteiger partial charge in [-0.2, -0.15) is 0 Å². The highest BCUT2D eigenvalue weighted by molar-refractivity contribution is 6.04. The summed E-state index contributed by atoms with van der Waals surface area (Å²) in [6.45, 7) is 3.63. The van der Waals surface area contributed by atoms with E-state index in [9.17, 15) is 4.79 Å². The van der Waals surface area contributed by atoms with Gasteiger partial charge in [-0.25, -0.2) is 0 Å². The fourth-order valence-electron chi connectivity index (χ4n) is 2.26. The topological polar surface area (TPSA) is 54.0 Å². The molecule has 4 nitrogen and oxygen atoms in total. The van der Waals surface area contributed by atoms with E-state index < -0.39 is 0 Å². The number of fused-ring (bicyclic) bond motifs is 1. The first-order valence-corrected chi connectivity index (χ1v) is 6.29. The summed E-state index contributed by atoms with van der Waals surface area (Å²) in [5.74, 6) is -0.0831. The second-order valence-electron chi connectivity index (χ2n) is 4.73. The van der Waals surface area contributed by atoms with Crippen LogP contribution in [0.2, 0.25) is 0 Å². The Morgan fingerprint density at radius 1 is 1.21 bits per heavy atom. The maximum atomic E-state index is 12.2. The van der Waals surface area contributed by atoms with Crippen LogP contribution in [0.5, 0.6) is 0 Å². The molecule has 1 aromatic heterocycles. The summed E-state index contributed by atoms with van der Waals surface area (Å²) >= 11 is 0. The van der Waals surface area contributed by atoms with Crippen LogP contribution < -0.4 is 10.6 Å². The molecule has 1 aliphatic heterocycles. The van der Waals surface area contributed by atoms with Gasteiger partial charge in [-0.15, -0.1) is 0 Å². The van der Waals surface area contributed by atoms with Gasteiger partial charge in [0.1, 0.15) is 0 Å². The Kier molecular flexibility index (Phi) is 3.01. The number of carbonyl (C=O) groups excluding carboxylic acids is 1. The van der Waals surface area contributed by atoms with Crippen LogP contribution in [0.3, 0.4) is 0 Å². The number of carbonyl (C=O) groups is 1. The zero-order valence-electron chi connectivity index (χ0n) is 10.7. The first-order valence-electron chi connectivity index (χ1n) is 6.29. The minimum absolute atomic E-state index is 0.0831. The Hall–Kier alpha value is -2.20. The minimum Gasteiger partial charge on any atom is -0.322 e. The number of anilines is 1. The highest BCUT2D eigenvalue weighted by Gasteiger charge is 2.13. The first kappa shape index (κ1) is 11.9. The number of aromatic nitrogens is 1. The third-order valence-corrected chi connectivity index (χ3v) is 3.25. The number of benzene rings is 1. The molecule has 2 aromatic rings. The summed E-state index contributed by atoms with van der Waals surface area (Å²) in [7, 11) is 0. The molecule has 0 fully saturated rings. The molecule has 19 heavy (non-hydrogen) atoms. The summed E-state index contributed by atoms with van der Waals surface area (Å²) in [6, 6.07) is 9.49. The predicted octanol–water partition coefficient (Wildman–Crippen LogP) is 2.25. The van der Waals surface area contributed by atoms with E-state index in [-0.39, 0.29) is 5.91 Å². The van der Waals surface area contributed by atoms with E-state index >= 15 is 0 Å². The summed E-state index contributed by atoms with van der Waals surface area (Å²) in [6.07, 6.45) is 1.69. The van der Waals surface area contributed by atoms with Crippen molar-refractivity contribution < 1.29 is 4.79 Å². The van der Waals surface area contributed by atoms with Crippen molar-refractivity contribution in [3.8, 4) is 0 Å². The molecule has 0 saturated carbocycles. The average Bonchev–Trinajstić information content (AvgIpc) is 2.85. The van der Waals surface area contributed by atoms with Crippen molar-refractivity contribution in [2.45, 2.75) is 20.0 Å². The van der Waals surface area contributed by atoms with Gasteiger partial charge >= 0.3 is 0 Å². The molecule has 4 heteroatoms. The van der Waals surface area contributed by atoms with Gasteiger partial charge in [0, 0.05) is 36.2 Å². The number of nitrogens with one attached hydrogen (secondary N) is 2. The Bertz CT molecular complexity index is 637. The Morgan fingerprint density at radius 3 is 2.89 bits per heavy atom. The molecule has 2 N–H and O–H groups in total. The zero-order chi connectivity index (χ0) is 13.2. The van der Waals surface area contributed by atoms with Gasteiger partial charge in [0.15, 0.2) is 0 Å². The maximum Gasteiger partial charge on any atom is 0.255 e. The monoisotopic (exact) mass is 253 g/mol. The van der Waals surface area contributed by atoms with E-state index in [4.69, 9.17) is 0 Å². The van der Waals surface area contributed by atoms with Crippen molar-refractivity contribution in [3.63, 3.8) is 0 Å². The molecule has 3 rings (SSSR count). The molecule has 96 valence electrons. The van der Waals surface area contributed by atoms with Crippen molar-refractivity contribution in [1.82, 2.24) is 10.3 Å². The molecule has 0 atom stereocenters. The van der Waals surface area contributed by atoms with E-state index in [1.54, 1.807) is 12.3 Å². The maximum absolute atomic E-state index is 12.2. The van der Waals surface area contributed by atoms with Crippen molar-refractivity contribution in [3.05, 3.63) is 58.9 Å². The van der Waals surface area contributed by atoms with E-state index in [1.165, 1.54) is 11.1 Å². The van der Waals surface area contributed by atoms with Gasteiger partial charge in [-0.3, -0.25) is 9.78 Å². The van der Waals surface area contributed by atoms with Gasteiger partial charge in [0.2, 0.25) is 0 Å². The number of hydrogen-bond acceptors (Lipinski definition) is 3. The molecule has 1 aromatic carbocycles. The smallest absolute Gasteiger partial charge is 0.255 e. The van der Waals surface area contributed by atoms with E-state index in [0.717, 1.165) is 24.5 Å². The van der Waals surface area contributed by atoms with Crippen LogP contribution in [0, 0.1) is 6.92 Å². The molecular weight excluding hydrogens is 238 g/mol. The molecule has 1 aliphatic rings. The Balaban J connectivity index is 1.81. The van der Waals surface area contributed by atoms with Crippen LogP contribution in [0.1, 0.15) is 27.2 Å². The lowest BCUT2D eigenvalue weighted by Gasteiger charge is -2.07. The molecular formula is C15H15N3O. The summed E-state index contributed by atoms with van der Waals surface area (Å²) < 4.78 is 0. The minimum atomic E-state index is -0.0831. The average molecular weight is 253 g/mol. The van der Waals surface area contributed by atoms with Crippen molar-refractivity contribution in [2.75, 3.05) is 5.32 Å². The Labute approximate surface area is 111 Å². The second-order valence-corrected chi connectivity index (χ2v) is 4.73. The number of nitrogens with zero attached hydrogens (tertiary/aromatic N) is 1. The second kappa shape index (κ2) is 4.82. The number of pyridine rings is 1. The first-order chi connectivity index (χ1) is 9.22. The molecule has 1 amide bonds. The molecule has 0 radical (unpaired) electrons. The van der Waals surface area contributed by atoms with Crippen LogP contribution in [0.25, 0.3) is 0 Å². The summed E-state index contributed by atoms with van der Waals surface area (Å²) in [5.41, 5.74) is 4.83. The predicted molar refractivity (Wildman–Crippen MR) is 73.9 cm³/mol. The standard InChI is InChI=1S/C15H15N3O/c1-10-6-14(4-5-17-10)18-15(19)11-2-3-12-8-16-9-13(12)7-11/h2-7,16H,8-9H2,1H3,(H,17,18,19). The summed E-state index contributed by atoms with van der Waals surface area (Å²) in [4.78, 5) is 16.3. The lowest BCUT2D eigenvalue weighted by atomic mass is 10.1. The van der Waals surface area contributed by atoms with Crippen LogP contribution >= 0.6 is 0 Å². The van der Waals surface area contributed by atoms with Crippen molar-refractivity contribution >= 4 is 11.6 Å². The number of hydrogen-bond donors (Lipinski definition) is 2. The largest absolute Gasteiger partial charge is 0.322 e. The Morgan fingerprint density at radius 2 is 2.05 bits per heavy atom. The normalized spacial score (nSPS) is 13.1. The van der Waals surface area contributed by atoms with Gasteiger partial charge in [-0.05, 0) is 42.3 Å². The third-order valence-electron chi connectivity index (χ3n) is 3.25. The lowest BCUT2D eigenvalue weighted by Crippen LogP contribution is -2.12. The fraction of sp³-hybridized carbons (Fsp3) is 0.200. The number of amides is 1. The van der Waals surface area contributed by atoms with Crippen molar-refractivity contribution in [2.24, 2.45) is 0 Å². The quantitative estimate of drug-likeness (QED) is 0.863. The zero-order valence-corrected chi connectivity index (χ0v) is 10.7. The molecule has 0 spiro atoms. The van der Waals surface area contributed by atoms with Crippen LogP contribution in [-0.4, -0.2) is 10.9 Å². The van der Waals surface area contributed by atoms with Gasteiger partial charge < -0.3 is 10.6 Å². The molecule has 0 bridgehead atoms. The van der Waals surface area contributed by atoms with Gasteiger partial charge in [0.05, 0.1) is 0 Å². The molecule has 0 saturated heterocycles. The lowest BCUT2D eigenvalue weighted by molar-refractivity contribution is 0.102. The van der Waals surface area contributed by atoms with Gasteiger partial charge in [0.25, 0.3) is 5.91 Å². The van der Waals surface area contributed by atoms with Crippen LogP contribution in [-0.2, 0) is 13.1 Å². The van der Waals surface area contributed by atoms with Gasteiger partial charge in [-0.1, -0.05) is 6.07 Å². The summed E-state index contributed by atoms with van der Waals surface area (Å²) in [5, 5.41) is 6.16. The number of aryl methyl sites for hydroxylation is 1. The van der Waals surface area contributed by atoms with E-state index in [2.05, 4.69) is 15.6 Å². The fourth-order valence-corrected chi connectivity index (χ4v) is 2.26. The van der Waals surface area contributed by atoms with Crippen LogP contribution in [0.15, 0.2) is 36.5 Å². The highest BCUT2D eigenvalue weighted by Crippen LogP contribution is 2.18. The SMILES string of the molecule is Cc1cc(NC(=O)c2ccc3c(c2)CNC3)ccn1. The highest BCUT2D eigenvalue weighted by atomic mass is 16.1. The molecule has 0 unspecified atom stereocenters.